The second kappa shape index (κ2) is 4.99. The summed E-state index contributed by atoms with van der Waals surface area (Å²) in [5, 5.41) is 3.04. The third-order valence-electron chi connectivity index (χ3n) is 1.98. The minimum absolute atomic E-state index is 0.525. The molecule has 0 aromatic carbocycles. The Labute approximate surface area is 69.1 Å². The first-order chi connectivity index (χ1) is 5.07. The maximum Gasteiger partial charge on any atom is 0.188 e. The first-order valence-electron chi connectivity index (χ1n) is 4.04. The Morgan fingerprint density at radius 3 is 2.36 bits per heavy atom. The van der Waals surface area contributed by atoms with E-state index in [4.69, 9.17) is 5.73 Å². The molecule has 0 aliphatic heterocycles. The van der Waals surface area contributed by atoms with E-state index in [2.05, 4.69) is 31.1 Å². The maximum absolute atomic E-state index is 5.46. The number of nitrogens with two attached hydrogens (primary N) is 1. The molecular weight excluding hydrogens is 138 g/mol. The summed E-state index contributed by atoms with van der Waals surface area (Å²) in [5.74, 6) is 1.85. The zero-order valence-corrected chi connectivity index (χ0v) is 7.89. The van der Waals surface area contributed by atoms with Gasteiger partial charge in [-0.25, -0.2) is 0 Å². The van der Waals surface area contributed by atoms with Crippen LogP contribution in [0.15, 0.2) is 4.99 Å². The van der Waals surface area contributed by atoms with Crippen LogP contribution in [0.25, 0.3) is 0 Å². The highest BCUT2D eigenvalue weighted by Gasteiger charge is 2.05. The molecule has 0 aromatic rings. The average Bonchev–Trinajstić information content (AvgIpc) is 1.99. The van der Waals surface area contributed by atoms with Crippen molar-refractivity contribution in [2.24, 2.45) is 22.6 Å². The SMILES string of the molecule is CN=C(N)NCC(C)C(C)C. The third-order valence-corrected chi connectivity index (χ3v) is 1.98. The normalized spacial score (nSPS) is 15.2. The van der Waals surface area contributed by atoms with Gasteiger partial charge >= 0.3 is 0 Å². The smallest absolute Gasteiger partial charge is 0.188 e. The van der Waals surface area contributed by atoms with Crippen molar-refractivity contribution in [3.63, 3.8) is 0 Å². The van der Waals surface area contributed by atoms with Crippen molar-refractivity contribution in [3.05, 3.63) is 0 Å². The predicted molar refractivity (Wildman–Crippen MR) is 49.6 cm³/mol. The van der Waals surface area contributed by atoms with E-state index in [0.717, 1.165) is 6.54 Å². The van der Waals surface area contributed by atoms with Gasteiger partial charge in [0.25, 0.3) is 0 Å². The maximum atomic E-state index is 5.46. The van der Waals surface area contributed by atoms with Crippen LogP contribution in [-0.4, -0.2) is 19.6 Å². The molecule has 0 aliphatic rings. The molecule has 1 unspecified atom stereocenters. The molecule has 0 amide bonds. The molecule has 0 heterocycles. The molecule has 0 aliphatic carbocycles. The highest BCUT2D eigenvalue weighted by molar-refractivity contribution is 5.77. The molecule has 11 heavy (non-hydrogen) atoms. The molecule has 3 N–H and O–H groups in total. The first kappa shape index (κ1) is 10.3. The van der Waals surface area contributed by atoms with Crippen LogP contribution >= 0.6 is 0 Å². The minimum atomic E-state index is 0.525. The van der Waals surface area contributed by atoms with E-state index in [0.29, 0.717) is 17.8 Å². The van der Waals surface area contributed by atoms with Crippen LogP contribution < -0.4 is 11.1 Å². The van der Waals surface area contributed by atoms with Gasteiger partial charge in [0, 0.05) is 13.6 Å². The summed E-state index contributed by atoms with van der Waals surface area (Å²) in [4.78, 5) is 3.80. The van der Waals surface area contributed by atoms with Gasteiger partial charge in [-0.2, -0.15) is 0 Å². The Hall–Kier alpha value is -0.730. The van der Waals surface area contributed by atoms with E-state index < -0.39 is 0 Å². The fourth-order valence-corrected chi connectivity index (χ4v) is 0.580. The molecule has 0 saturated heterocycles. The van der Waals surface area contributed by atoms with Gasteiger partial charge in [0.15, 0.2) is 5.96 Å². The van der Waals surface area contributed by atoms with Crippen molar-refractivity contribution >= 4 is 5.96 Å². The largest absolute Gasteiger partial charge is 0.370 e. The Kier molecular flexibility index (Phi) is 4.66. The van der Waals surface area contributed by atoms with Crippen molar-refractivity contribution in [2.75, 3.05) is 13.6 Å². The number of hydrogen-bond acceptors (Lipinski definition) is 1. The lowest BCUT2D eigenvalue weighted by atomic mass is 9.98. The van der Waals surface area contributed by atoms with Crippen molar-refractivity contribution in [1.29, 1.82) is 0 Å². The Morgan fingerprint density at radius 1 is 1.45 bits per heavy atom. The molecule has 0 fully saturated rings. The molecular formula is C8H19N3. The summed E-state index contributed by atoms with van der Waals surface area (Å²) in [7, 11) is 1.68. The number of guanidine groups is 1. The minimum Gasteiger partial charge on any atom is -0.370 e. The van der Waals surface area contributed by atoms with Gasteiger partial charge in [-0.3, -0.25) is 4.99 Å². The molecule has 0 bridgehead atoms. The average molecular weight is 157 g/mol. The van der Waals surface area contributed by atoms with E-state index in [1.54, 1.807) is 7.05 Å². The van der Waals surface area contributed by atoms with Crippen molar-refractivity contribution in [3.8, 4) is 0 Å². The molecule has 0 rings (SSSR count). The van der Waals surface area contributed by atoms with Crippen LogP contribution in [0, 0.1) is 11.8 Å². The third kappa shape index (κ3) is 4.65. The second-order valence-electron chi connectivity index (χ2n) is 3.21. The summed E-state index contributed by atoms with van der Waals surface area (Å²) >= 11 is 0. The summed E-state index contributed by atoms with van der Waals surface area (Å²) in [6.07, 6.45) is 0. The van der Waals surface area contributed by atoms with Crippen LogP contribution in [0.3, 0.4) is 0 Å². The topological polar surface area (TPSA) is 50.4 Å². The fourth-order valence-electron chi connectivity index (χ4n) is 0.580. The Morgan fingerprint density at radius 2 is 2.00 bits per heavy atom. The van der Waals surface area contributed by atoms with E-state index in [9.17, 15) is 0 Å². The van der Waals surface area contributed by atoms with Gasteiger partial charge in [-0.05, 0) is 11.8 Å². The second-order valence-corrected chi connectivity index (χ2v) is 3.21. The number of nitrogens with zero attached hydrogens (tertiary/aromatic N) is 1. The van der Waals surface area contributed by atoms with Crippen LogP contribution in [0.2, 0.25) is 0 Å². The molecule has 0 aromatic heterocycles. The number of rotatable bonds is 3. The van der Waals surface area contributed by atoms with Gasteiger partial charge in [-0.1, -0.05) is 20.8 Å². The van der Waals surface area contributed by atoms with Crippen LogP contribution in [-0.2, 0) is 0 Å². The lowest BCUT2D eigenvalue weighted by molar-refractivity contribution is 0.415. The highest BCUT2D eigenvalue weighted by atomic mass is 15.1. The van der Waals surface area contributed by atoms with Crippen LogP contribution in [0.4, 0.5) is 0 Å². The molecule has 3 nitrogen and oxygen atoms in total. The monoisotopic (exact) mass is 157 g/mol. The highest BCUT2D eigenvalue weighted by Crippen LogP contribution is 2.06. The summed E-state index contributed by atoms with van der Waals surface area (Å²) in [6, 6.07) is 0. The molecule has 3 heteroatoms. The standard InChI is InChI=1S/C8H19N3/c1-6(2)7(3)5-11-8(9)10-4/h6-7H,5H2,1-4H3,(H3,9,10,11). The Bertz CT molecular complexity index is 129. The van der Waals surface area contributed by atoms with Crippen LogP contribution in [0.1, 0.15) is 20.8 Å². The zero-order chi connectivity index (χ0) is 8.85. The van der Waals surface area contributed by atoms with Crippen molar-refractivity contribution < 1.29 is 0 Å². The summed E-state index contributed by atoms with van der Waals surface area (Å²) in [6.45, 7) is 7.50. The molecule has 0 radical (unpaired) electrons. The fraction of sp³-hybridized carbons (Fsp3) is 0.875. The van der Waals surface area contributed by atoms with Crippen molar-refractivity contribution in [2.45, 2.75) is 20.8 Å². The molecule has 66 valence electrons. The van der Waals surface area contributed by atoms with Crippen molar-refractivity contribution in [1.82, 2.24) is 5.32 Å². The van der Waals surface area contributed by atoms with Gasteiger partial charge in [-0.15, -0.1) is 0 Å². The van der Waals surface area contributed by atoms with Crippen LogP contribution in [0.5, 0.6) is 0 Å². The predicted octanol–water partition coefficient (Wildman–Crippen LogP) is 0.813. The van der Waals surface area contributed by atoms with Gasteiger partial charge in [0.2, 0.25) is 0 Å². The molecule has 1 atom stereocenters. The van der Waals surface area contributed by atoms with E-state index in [1.165, 1.54) is 0 Å². The summed E-state index contributed by atoms with van der Waals surface area (Å²) < 4.78 is 0. The lowest BCUT2D eigenvalue weighted by Gasteiger charge is -2.15. The van der Waals surface area contributed by atoms with Gasteiger partial charge in [0.1, 0.15) is 0 Å². The van der Waals surface area contributed by atoms with E-state index in [1.807, 2.05) is 0 Å². The van der Waals surface area contributed by atoms with E-state index >= 15 is 0 Å². The van der Waals surface area contributed by atoms with Gasteiger partial charge in [0.05, 0.1) is 0 Å². The lowest BCUT2D eigenvalue weighted by Crippen LogP contribution is -2.35. The number of aliphatic imine (C=N–C) groups is 1. The summed E-state index contributed by atoms with van der Waals surface area (Å²) in [5.41, 5.74) is 5.46. The first-order valence-corrected chi connectivity index (χ1v) is 4.04. The van der Waals surface area contributed by atoms with E-state index in [-0.39, 0.29) is 0 Å². The quantitative estimate of drug-likeness (QED) is 0.470. The number of nitrogens with one attached hydrogen (secondary N) is 1. The zero-order valence-electron chi connectivity index (χ0n) is 7.89. The number of hydrogen-bond donors (Lipinski definition) is 2. The molecule has 0 spiro atoms. The Balaban J connectivity index is 3.54. The molecule has 0 saturated carbocycles. The van der Waals surface area contributed by atoms with Gasteiger partial charge < -0.3 is 11.1 Å².